The second-order valence-electron chi connectivity index (χ2n) is 5.62. The SMILES string of the molecule is CC(=O)OC1N=C(c2ccccc2)c2cc(F)ccc2-n2ccnc21. The van der Waals surface area contributed by atoms with Crippen molar-refractivity contribution in [2.24, 2.45) is 4.99 Å². The van der Waals surface area contributed by atoms with Gasteiger partial charge in [0.05, 0.1) is 11.4 Å². The summed E-state index contributed by atoms with van der Waals surface area (Å²) in [5.74, 6) is -0.364. The Balaban J connectivity index is 2.00. The summed E-state index contributed by atoms with van der Waals surface area (Å²) in [6, 6.07) is 13.9. The zero-order chi connectivity index (χ0) is 17.4. The first-order valence-corrected chi connectivity index (χ1v) is 7.77. The number of aromatic nitrogens is 2. The molecule has 5 nitrogen and oxygen atoms in total. The summed E-state index contributed by atoms with van der Waals surface area (Å²) in [4.78, 5) is 20.4. The topological polar surface area (TPSA) is 56.5 Å². The Morgan fingerprint density at radius 2 is 2.00 bits per heavy atom. The Labute approximate surface area is 143 Å². The van der Waals surface area contributed by atoms with E-state index in [9.17, 15) is 9.18 Å². The third kappa shape index (κ3) is 2.71. The molecule has 4 rings (SSSR count). The Kier molecular flexibility index (Phi) is 3.65. The van der Waals surface area contributed by atoms with Gasteiger partial charge >= 0.3 is 5.97 Å². The maximum atomic E-state index is 14.0. The summed E-state index contributed by atoms with van der Waals surface area (Å²) < 4.78 is 21.1. The van der Waals surface area contributed by atoms with Crippen LogP contribution in [0.4, 0.5) is 4.39 Å². The molecule has 25 heavy (non-hydrogen) atoms. The number of carbonyl (C=O) groups excluding carboxylic acids is 1. The highest BCUT2D eigenvalue weighted by atomic mass is 19.1. The molecule has 1 unspecified atom stereocenters. The number of ether oxygens (including phenoxy) is 1. The number of hydrogen-bond donors (Lipinski definition) is 0. The molecule has 1 aliphatic heterocycles. The number of fused-ring (bicyclic) bond motifs is 3. The molecule has 0 spiro atoms. The van der Waals surface area contributed by atoms with Crippen LogP contribution < -0.4 is 0 Å². The van der Waals surface area contributed by atoms with E-state index in [0.29, 0.717) is 17.1 Å². The lowest BCUT2D eigenvalue weighted by molar-refractivity contribution is -0.146. The van der Waals surface area contributed by atoms with Gasteiger partial charge in [0, 0.05) is 30.4 Å². The fourth-order valence-electron chi connectivity index (χ4n) is 2.92. The van der Waals surface area contributed by atoms with Crippen LogP contribution in [0.5, 0.6) is 0 Å². The van der Waals surface area contributed by atoms with Crippen molar-refractivity contribution in [2.75, 3.05) is 0 Å². The van der Waals surface area contributed by atoms with E-state index in [1.54, 1.807) is 23.0 Å². The summed E-state index contributed by atoms with van der Waals surface area (Å²) >= 11 is 0. The average Bonchev–Trinajstić information content (AvgIpc) is 3.04. The van der Waals surface area contributed by atoms with Gasteiger partial charge in [-0.3, -0.25) is 9.36 Å². The van der Waals surface area contributed by atoms with Gasteiger partial charge in [0.1, 0.15) is 5.82 Å². The lowest BCUT2D eigenvalue weighted by atomic mass is 10.0. The number of benzene rings is 2. The molecular formula is C19H14FN3O2. The third-order valence-electron chi connectivity index (χ3n) is 3.93. The first-order chi connectivity index (χ1) is 12.1. The number of aliphatic imine (C=N–C) groups is 1. The van der Waals surface area contributed by atoms with Crippen LogP contribution in [0.2, 0.25) is 0 Å². The number of imidazole rings is 1. The molecule has 0 radical (unpaired) electrons. The van der Waals surface area contributed by atoms with Gasteiger partial charge in [-0.05, 0) is 18.2 Å². The monoisotopic (exact) mass is 335 g/mol. The van der Waals surface area contributed by atoms with Crippen LogP contribution in [0.25, 0.3) is 5.69 Å². The van der Waals surface area contributed by atoms with Gasteiger partial charge in [-0.2, -0.15) is 0 Å². The van der Waals surface area contributed by atoms with Crippen molar-refractivity contribution in [2.45, 2.75) is 13.2 Å². The second-order valence-corrected chi connectivity index (χ2v) is 5.62. The van der Waals surface area contributed by atoms with Crippen LogP contribution in [0.3, 0.4) is 0 Å². The molecule has 3 aromatic rings. The fourth-order valence-corrected chi connectivity index (χ4v) is 2.92. The molecule has 0 saturated carbocycles. The Bertz CT molecular complexity index is 979. The molecule has 0 aliphatic carbocycles. The third-order valence-corrected chi connectivity index (χ3v) is 3.93. The van der Waals surface area contributed by atoms with Crippen molar-refractivity contribution in [3.8, 4) is 5.69 Å². The molecular weight excluding hydrogens is 321 g/mol. The van der Waals surface area contributed by atoms with E-state index in [0.717, 1.165) is 11.3 Å². The molecule has 2 aromatic carbocycles. The minimum atomic E-state index is -0.904. The van der Waals surface area contributed by atoms with E-state index < -0.39 is 12.2 Å². The van der Waals surface area contributed by atoms with Crippen molar-refractivity contribution in [1.29, 1.82) is 0 Å². The standard InChI is InChI=1S/C19H14FN3O2/c1-12(24)25-19-18-21-9-10-23(18)16-8-7-14(20)11-15(16)17(22-19)13-5-3-2-4-6-13/h2-11,19H,1H3. The van der Waals surface area contributed by atoms with Gasteiger partial charge in [-0.25, -0.2) is 14.4 Å². The van der Waals surface area contributed by atoms with Crippen LogP contribution in [0, 0.1) is 5.82 Å². The van der Waals surface area contributed by atoms with E-state index in [1.165, 1.54) is 19.1 Å². The average molecular weight is 335 g/mol. The highest BCUT2D eigenvalue weighted by molar-refractivity contribution is 6.15. The van der Waals surface area contributed by atoms with Gasteiger partial charge in [-0.1, -0.05) is 30.3 Å². The highest BCUT2D eigenvalue weighted by Gasteiger charge is 2.27. The number of halogens is 1. The minimum Gasteiger partial charge on any atom is -0.432 e. The maximum Gasteiger partial charge on any atom is 0.304 e. The lowest BCUT2D eigenvalue weighted by Gasteiger charge is -2.12. The molecule has 1 aromatic heterocycles. The lowest BCUT2D eigenvalue weighted by Crippen LogP contribution is -2.11. The van der Waals surface area contributed by atoms with Gasteiger partial charge in [0.25, 0.3) is 6.23 Å². The molecule has 2 heterocycles. The number of carbonyl (C=O) groups is 1. The van der Waals surface area contributed by atoms with Crippen molar-refractivity contribution in [3.63, 3.8) is 0 Å². The zero-order valence-corrected chi connectivity index (χ0v) is 13.4. The normalized spacial score (nSPS) is 15.6. The van der Waals surface area contributed by atoms with Crippen LogP contribution in [0.1, 0.15) is 30.1 Å². The van der Waals surface area contributed by atoms with Gasteiger partial charge in [0.2, 0.25) is 0 Å². The summed E-state index contributed by atoms with van der Waals surface area (Å²) in [7, 11) is 0. The number of hydrogen-bond acceptors (Lipinski definition) is 4. The van der Waals surface area contributed by atoms with Crippen LogP contribution in [0.15, 0.2) is 65.9 Å². The molecule has 6 heteroatoms. The molecule has 0 bridgehead atoms. The van der Waals surface area contributed by atoms with Gasteiger partial charge < -0.3 is 4.74 Å². The smallest absolute Gasteiger partial charge is 0.304 e. The van der Waals surface area contributed by atoms with Crippen molar-refractivity contribution < 1.29 is 13.9 Å². The van der Waals surface area contributed by atoms with Crippen LogP contribution in [-0.2, 0) is 9.53 Å². The maximum absolute atomic E-state index is 14.0. The molecule has 1 aliphatic rings. The van der Waals surface area contributed by atoms with Crippen molar-refractivity contribution in [1.82, 2.24) is 9.55 Å². The number of rotatable bonds is 2. The van der Waals surface area contributed by atoms with E-state index in [-0.39, 0.29) is 5.82 Å². The van der Waals surface area contributed by atoms with Gasteiger partial charge in [0.15, 0.2) is 5.82 Å². The predicted octanol–water partition coefficient (Wildman–Crippen LogP) is 3.42. The largest absolute Gasteiger partial charge is 0.432 e. The minimum absolute atomic E-state index is 0.366. The first kappa shape index (κ1) is 15.3. The number of esters is 1. The second kappa shape index (κ2) is 5.98. The van der Waals surface area contributed by atoms with Crippen molar-refractivity contribution >= 4 is 11.7 Å². The summed E-state index contributed by atoms with van der Waals surface area (Å²) in [6.45, 7) is 1.32. The highest BCUT2D eigenvalue weighted by Crippen LogP contribution is 2.31. The summed E-state index contributed by atoms with van der Waals surface area (Å²) in [6.07, 6.45) is 2.44. The molecule has 1 atom stereocenters. The summed E-state index contributed by atoms with van der Waals surface area (Å²) in [5, 5.41) is 0. The van der Waals surface area contributed by atoms with E-state index >= 15 is 0 Å². The summed E-state index contributed by atoms with van der Waals surface area (Å²) in [5.41, 5.74) is 2.69. The number of nitrogens with zero attached hydrogens (tertiary/aromatic N) is 3. The Morgan fingerprint density at radius 3 is 2.76 bits per heavy atom. The molecule has 0 N–H and O–H groups in total. The van der Waals surface area contributed by atoms with Crippen LogP contribution >= 0.6 is 0 Å². The van der Waals surface area contributed by atoms with Crippen LogP contribution in [-0.4, -0.2) is 21.2 Å². The van der Waals surface area contributed by atoms with E-state index in [4.69, 9.17) is 4.74 Å². The Hall–Kier alpha value is -3.28. The molecule has 0 amide bonds. The Morgan fingerprint density at radius 1 is 1.20 bits per heavy atom. The first-order valence-electron chi connectivity index (χ1n) is 7.77. The fraction of sp³-hybridized carbons (Fsp3) is 0.105. The zero-order valence-electron chi connectivity index (χ0n) is 13.4. The molecule has 0 fully saturated rings. The molecule has 124 valence electrons. The van der Waals surface area contributed by atoms with Gasteiger partial charge in [-0.15, -0.1) is 0 Å². The quantitative estimate of drug-likeness (QED) is 0.674. The van der Waals surface area contributed by atoms with Crippen molar-refractivity contribution in [3.05, 3.63) is 83.7 Å². The predicted molar refractivity (Wildman–Crippen MR) is 90.1 cm³/mol. The molecule has 0 saturated heterocycles. The van der Waals surface area contributed by atoms with E-state index in [1.807, 2.05) is 30.3 Å². The van der Waals surface area contributed by atoms with E-state index in [2.05, 4.69) is 9.98 Å².